The van der Waals surface area contributed by atoms with E-state index in [0.29, 0.717) is 12.5 Å². The van der Waals surface area contributed by atoms with Crippen LogP contribution in [0.2, 0.25) is 0 Å². The summed E-state index contributed by atoms with van der Waals surface area (Å²) in [6, 6.07) is 10.2. The Balaban J connectivity index is 1.31. The lowest BCUT2D eigenvalue weighted by Crippen LogP contribution is -2.23. The second-order valence-corrected chi connectivity index (χ2v) is 8.56. The minimum atomic E-state index is -0.0362. The first-order valence-electron chi connectivity index (χ1n) is 10.8. The van der Waals surface area contributed by atoms with E-state index in [4.69, 9.17) is 0 Å². The summed E-state index contributed by atoms with van der Waals surface area (Å²) in [5.41, 5.74) is 5.43. The highest BCUT2D eigenvalue weighted by Gasteiger charge is 2.22. The van der Waals surface area contributed by atoms with E-state index in [2.05, 4.69) is 45.3 Å². The standard InChI is InChI=1S/C24H28N4O/c1-16-7-9-21-20(13-16)18-5-4-6-19(23(18)27-21)24(29)26-15-17-8-10-22(25-14-17)28-11-2-3-12-28/h4-6,8,10,14,16,27H,2-3,7,9,11-13,15H2,1H3,(H,26,29)/t16-/m1/s1. The van der Waals surface area contributed by atoms with Gasteiger partial charge in [0.2, 0.25) is 0 Å². The minimum Gasteiger partial charge on any atom is -0.358 e. The number of hydrogen-bond donors (Lipinski definition) is 2. The molecule has 0 bridgehead atoms. The molecule has 1 atom stereocenters. The average molecular weight is 389 g/mol. The van der Waals surface area contributed by atoms with Gasteiger partial charge in [0.15, 0.2) is 0 Å². The predicted molar refractivity (Wildman–Crippen MR) is 116 cm³/mol. The molecule has 1 aliphatic heterocycles. The lowest BCUT2D eigenvalue weighted by Gasteiger charge is -2.17. The van der Waals surface area contributed by atoms with Crippen LogP contribution in [0.1, 0.15) is 53.4 Å². The van der Waals surface area contributed by atoms with Crippen LogP contribution in [0.3, 0.4) is 0 Å². The van der Waals surface area contributed by atoms with Crippen molar-refractivity contribution in [3.05, 3.63) is 58.9 Å². The van der Waals surface area contributed by atoms with Crippen molar-refractivity contribution in [3.8, 4) is 0 Å². The molecule has 1 saturated heterocycles. The third kappa shape index (κ3) is 3.50. The number of anilines is 1. The fourth-order valence-corrected chi connectivity index (χ4v) is 4.74. The van der Waals surface area contributed by atoms with Crippen LogP contribution in [0.4, 0.5) is 5.82 Å². The van der Waals surface area contributed by atoms with Crippen LogP contribution in [-0.4, -0.2) is 29.0 Å². The molecule has 1 aromatic carbocycles. The molecule has 29 heavy (non-hydrogen) atoms. The van der Waals surface area contributed by atoms with Crippen molar-refractivity contribution in [2.45, 2.75) is 45.6 Å². The molecule has 2 aliphatic rings. The predicted octanol–water partition coefficient (Wildman–Crippen LogP) is 4.22. The summed E-state index contributed by atoms with van der Waals surface area (Å²) in [6.07, 6.45) is 7.74. The van der Waals surface area contributed by atoms with Gasteiger partial charge in [-0.2, -0.15) is 0 Å². The van der Waals surface area contributed by atoms with E-state index >= 15 is 0 Å². The lowest BCUT2D eigenvalue weighted by atomic mass is 9.87. The van der Waals surface area contributed by atoms with Gasteiger partial charge in [0.1, 0.15) is 5.82 Å². The van der Waals surface area contributed by atoms with Crippen LogP contribution < -0.4 is 10.2 Å². The second-order valence-electron chi connectivity index (χ2n) is 8.56. The Bertz CT molecular complexity index is 1030. The number of H-pyrrole nitrogens is 1. The first-order valence-corrected chi connectivity index (χ1v) is 10.8. The smallest absolute Gasteiger partial charge is 0.253 e. The molecular weight excluding hydrogens is 360 g/mol. The van der Waals surface area contributed by atoms with Crippen molar-refractivity contribution in [1.82, 2.24) is 15.3 Å². The maximum atomic E-state index is 12.9. The quantitative estimate of drug-likeness (QED) is 0.704. The molecule has 0 unspecified atom stereocenters. The Kier molecular flexibility index (Phi) is 4.74. The Morgan fingerprint density at radius 1 is 1.24 bits per heavy atom. The number of aromatic amines is 1. The molecule has 3 heterocycles. The molecule has 5 rings (SSSR count). The summed E-state index contributed by atoms with van der Waals surface area (Å²) < 4.78 is 0. The lowest BCUT2D eigenvalue weighted by molar-refractivity contribution is 0.0952. The minimum absolute atomic E-state index is 0.0362. The number of aromatic nitrogens is 2. The van der Waals surface area contributed by atoms with Crippen molar-refractivity contribution in [2.24, 2.45) is 5.92 Å². The molecule has 150 valence electrons. The maximum absolute atomic E-state index is 12.9. The van der Waals surface area contributed by atoms with Crippen LogP contribution in [0.5, 0.6) is 0 Å². The summed E-state index contributed by atoms with van der Waals surface area (Å²) >= 11 is 0. The number of nitrogens with one attached hydrogen (secondary N) is 2. The van der Waals surface area contributed by atoms with Crippen molar-refractivity contribution >= 4 is 22.6 Å². The number of amides is 1. The normalized spacial score (nSPS) is 18.8. The zero-order valence-electron chi connectivity index (χ0n) is 17.0. The van der Waals surface area contributed by atoms with E-state index < -0.39 is 0 Å². The fourth-order valence-electron chi connectivity index (χ4n) is 4.74. The van der Waals surface area contributed by atoms with Gasteiger partial charge in [-0.1, -0.05) is 25.1 Å². The number of rotatable bonds is 4. The second kappa shape index (κ2) is 7.54. The highest BCUT2D eigenvalue weighted by Crippen LogP contribution is 2.33. The first-order chi connectivity index (χ1) is 14.2. The molecule has 2 N–H and O–H groups in total. The van der Waals surface area contributed by atoms with Gasteiger partial charge in [-0.05, 0) is 61.3 Å². The molecule has 0 saturated carbocycles. The van der Waals surface area contributed by atoms with E-state index in [1.807, 2.05) is 18.3 Å². The summed E-state index contributed by atoms with van der Waals surface area (Å²) in [6.45, 7) is 4.97. The average Bonchev–Trinajstić information content (AvgIpc) is 3.40. The summed E-state index contributed by atoms with van der Waals surface area (Å²) in [4.78, 5) is 23.4. The van der Waals surface area contributed by atoms with Gasteiger partial charge in [-0.3, -0.25) is 4.79 Å². The molecule has 5 heteroatoms. The van der Waals surface area contributed by atoms with Gasteiger partial charge in [-0.25, -0.2) is 4.98 Å². The number of carbonyl (C=O) groups excluding carboxylic acids is 1. The first kappa shape index (κ1) is 18.2. The topological polar surface area (TPSA) is 61.0 Å². The monoisotopic (exact) mass is 388 g/mol. The number of fused-ring (bicyclic) bond motifs is 3. The van der Waals surface area contributed by atoms with Crippen molar-refractivity contribution in [3.63, 3.8) is 0 Å². The van der Waals surface area contributed by atoms with Gasteiger partial charge in [0, 0.05) is 36.9 Å². The Labute approximate surface area is 171 Å². The number of nitrogens with zero attached hydrogens (tertiary/aromatic N) is 2. The van der Waals surface area contributed by atoms with Gasteiger partial charge in [0.05, 0.1) is 11.1 Å². The molecule has 1 amide bonds. The van der Waals surface area contributed by atoms with E-state index in [9.17, 15) is 4.79 Å². The van der Waals surface area contributed by atoms with Crippen LogP contribution >= 0.6 is 0 Å². The fraction of sp³-hybridized carbons (Fsp3) is 0.417. The van der Waals surface area contributed by atoms with Crippen LogP contribution in [0, 0.1) is 5.92 Å². The molecule has 0 spiro atoms. The van der Waals surface area contributed by atoms with Crippen molar-refractivity contribution in [2.75, 3.05) is 18.0 Å². The van der Waals surface area contributed by atoms with Crippen molar-refractivity contribution in [1.29, 1.82) is 0 Å². The van der Waals surface area contributed by atoms with Crippen LogP contribution in [-0.2, 0) is 19.4 Å². The summed E-state index contributed by atoms with van der Waals surface area (Å²) in [7, 11) is 0. The summed E-state index contributed by atoms with van der Waals surface area (Å²) in [5.74, 6) is 1.70. The van der Waals surface area contributed by atoms with E-state index in [1.165, 1.54) is 35.9 Å². The van der Waals surface area contributed by atoms with Crippen LogP contribution in [0.25, 0.3) is 10.9 Å². The van der Waals surface area contributed by atoms with Gasteiger partial charge >= 0.3 is 0 Å². The zero-order valence-corrected chi connectivity index (χ0v) is 17.0. The van der Waals surface area contributed by atoms with Crippen molar-refractivity contribution < 1.29 is 4.79 Å². The number of hydrogen-bond acceptors (Lipinski definition) is 3. The molecule has 5 nitrogen and oxygen atoms in total. The molecule has 1 fully saturated rings. The molecule has 0 radical (unpaired) electrons. The van der Waals surface area contributed by atoms with E-state index in [-0.39, 0.29) is 5.91 Å². The van der Waals surface area contributed by atoms with Gasteiger partial charge in [0.25, 0.3) is 5.91 Å². The van der Waals surface area contributed by atoms with E-state index in [0.717, 1.165) is 48.4 Å². The number of carbonyl (C=O) groups is 1. The largest absolute Gasteiger partial charge is 0.358 e. The maximum Gasteiger partial charge on any atom is 0.253 e. The molecular formula is C24H28N4O. The highest BCUT2D eigenvalue weighted by molar-refractivity contribution is 6.06. The Morgan fingerprint density at radius 3 is 2.90 bits per heavy atom. The number of benzene rings is 1. The van der Waals surface area contributed by atoms with Gasteiger partial charge in [-0.15, -0.1) is 0 Å². The third-order valence-electron chi connectivity index (χ3n) is 6.41. The number of para-hydroxylation sites is 1. The Morgan fingerprint density at radius 2 is 2.10 bits per heavy atom. The zero-order chi connectivity index (χ0) is 19.8. The SMILES string of the molecule is C[C@@H]1CCc2[nH]c3c(C(=O)NCc4ccc(N5CCCC5)nc4)cccc3c2C1. The molecule has 3 aromatic rings. The Hall–Kier alpha value is -2.82. The number of pyridine rings is 1. The van der Waals surface area contributed by atoms with Crippen LogP contribution in [0.15, 0.2) is 36.5 Å². The molecule has 1 aliphatic carbocycles. The molecule has 2 aromatic heterocycles. The number of aryl methyl sites for hydroxylation is 1. The third-order valence-corrected chi connectivity index (χ3v) is 6.41. The highest BCUT2D eigenvalue weighted by atomic mass is 16.1. The van der Waals surface area contributed by atoms with Gasteiger partial charge < -0.3 is 15.2 Å². The van der Waals surface area contributed by atoms with E-state index in [1.54, 1.807) is 0 Å². The summed E-state index contributed by atoms with van der Waals surface area (Å²) in [5, 5.41) is 4.28.